The molecule has 1 N–H and O–H groups in total. The molecule has 0 saturated carbocycles. The number of ether oxygens (including phenoxy) is 1. The number of carbonyl (C=O) groups is 2. The quantitative estimate of drug-likeness (QED) is 0.746. The molecule has 0 saturated heterocycles. The molecule has 2 aromatic rings. The number of anilines is 1. The highest BCUT2D eigenvalue weighted by Gasteiger charge is 2.16. The summed E-state index contributed by atoms with van der Waals surface area (Å²) in [4.78, 5) is 26.2. The fraction of sp³-hybridized carbons (Fsp3) is 0.391. The van der Waals surface area contributed by atoms with Crippen molar-refractivity contribution in [3.8, 4) is 5.75 Å². The molecule has 0 unspecified atom stereocenters. The van der Waals surface area contributed by atoms with Crippen LogP contribution in [0.1, 0.15) is 43.4 Å². The normalized spacial score (nSPS) is 10.6. The third kappa shape index (κ3) is 5.84. The molecular weight excluding hydrogens is 352 g/mol. The largest absolute Gasteiger partial charge is 0.497 e. The van der Waals surface area contributed by atoms with Crippen LogP contribution < -0.4 is 10.1 Å². The summed E-state index contributed by atoms with van der Waals surface area (Å²) >= 11 is 0. The first-order valence-electron chi connectivity index (χ1n) is 9.59. The van der Waals surface area contributed by atoms with Gasteiger partial charge in [-0.3, -0.25) is 9.59 Å². The molecule has 0 aliphatic carbocycles. The Morgan fingerprint density at radius 1 is 1.11 bits per heavy atom. The molecule has 0 aliphatic heterocycles. The number of nitrogens with zero attached hydrogens (tertiary/aromatic N) is 1. The zero-order valence-corrected chi connectivity index (χ0v) is 17.4. The van der Waals surface area contributed by atoms with Crippen molar-refractivity contribution < 1.29 is 14.3 Å². The Morgan fingerprint density at radius 2 is 1.79 bits per heavy atom. The predicted octanol–water partition coefficient (Wildman–Crippen LogP) is 4.16. The van der Waals surface area contributed by atoms with Crippen LogP contribution in [0.3, 0.4) is 0 Å². The van der Waals surface area contributed by atoms with Crippen LogP contribution >= 0.6 is 0 Å². The number of para-hydroxylation sites is 1. The van der Waals surface area contributed by atoms with E-state index in [0.717, 1.165) is 28.1 Å². The third-order valence-corrected chi connectivity index (χ3v) is 4.80. The van der Waals surface area contributed by atoms with Gasteiger partial charge in [-0.25, -0.2) is 0 Å². The first kappa shape index (κ1) is 21.5. The van der Waals surface area contributed by atoms with E-state index in [1.165, 1.54) is 6.92 Å². The van der Waals surface area contributed by atoms with Gasteiger partial charge in [0.25, 0.3) is 0 Å². The molecule has 2 rings (SSSR count). The lowest BCUT2D eigenvalue weighted by Gasteiger charge is -2.22. The van der Waals surface area contributed by atoms with Gasteiger partial charge in [0.15, 0.2) is 0 Å². The number of nitrogens with one attached hydrogen (secondary N) is 1. The van der Waals surface area contributed by atoms with Crippen molar-refractivity contribution in [1.29, 1.82) is 0 Å². The van der Waals surface area contributed by atoms with Gasteiger partial charge in [0.05, 0.1) is 13.7 Å². The molecule has 0 aliphatic rings. The van der Waals surface area contributed by atoms with E-state index in [2.05, 4.69) is 19.2 Å². The monoisotopic (exact) mass is 382 g/mol. The minimum atomic E-state index is -0.180. The lowest BCUT2D eigenvalue weighted by Crippen LogP contribution is -2.38. The summed E-state index contributed by atoms with van der Waals surface area (Å²) < 4.78 is 5.16. The van der Waals surface area contributed by atoms with E-state index in [1.807, 2.05) is 49.4 Å². The standard InChI is InChI=1S/C23H30N2O3/c1-16(2)21-8-6-7-17(3)23(21)24-22(27)15-25(18(4)26)14-13-19-9-11-20(28-5)12-10-19/h6-12,16H,13-15H2,1-5H3,(H,24,27). The number of methoxy groups -OCH3 is 1. The number of amides is 2. The van der Waals surface area contributed by atoms with Crippen LogP contribution in [0.5, 0.6) is 5.75 Å². The van der Waals surface area contributed by atoms with Gasteiger partial charge in [0.2, 0.25) is 11.8 Å². The van der Waals surface area contributed by atoms with Crippen molar-refractivity contribution >= 4 is 17.5 Å². The maximum absolute atomic E-state index is 12.6. The van der Waals surface area contributed by atoms with Crippen molar-refractivity contribution in [2.45, 2.75) is 40.0 Å². The van der Waals surface area contributed by atoms with Crippen molar-refractivity contribution in [2.75, 3.05) is 25.5 Å². The Morgan fingerprint density at radius 3 is 2.36 bits per heavy atom. The minimum absolute atomic E-state index is 0.0390. The molecular formula is C23H30N2O3. The molecule has 0 aromatic heterocycles. The zero-order chi connectivity index (χ0) is 20.7. The zero-order valence-electron chi connectivity index (χ0n) is 17.4. The number of benzene rings is 2. The van der Waals surface area contributed by atoms with Crippen LogP contribution in [0.15, 0.2) is 42.5 Å². The smallest absolute Gasteiger partial charge is 0.244 e. The van der Waals surface area contributed by atoms with Gasteiger partial charge >= 0.3 is 0 Å². The van der Waals surface area contributed by atoms with Gasteiger partial charge in [-0.1, -0.05) is 44.2 Å². The molecule has 5 heteroatoms. The van der Waals surface area contributed by atoms with Crippen molar-refractivity contribution in [3.63, 3.8) is 0 Å². The van der Waals surface area contributed by atoms with Gasteiger partial charge in [-0.2, -0.15) is 0 Å². The van der Waals surface area contributed by atoms with Crippen LogP contribution in [0.2, 0.25) is 0 Å². The second-order valence-electron chi connectivity index (χ2n) is 7.28. The van der Waals surface area contributed by atoms with Crippen molar-refractivity contribution in [3.05, 3.63) is 59.2 Å². The van der Waals surface area contributed by atoms with Crippen LogP contribution in [0, 0.1) is 6.92 Å². The van der Waals surface area contributed by atoms with E-state index in [-0.39, 0.29) is 18.4 Å². The average Bonchev–Trinajstić information content (AvgIpc) is 2.66. The van der Waals surface area contributed by atoms with Gasteiger partial charge in [0, 0.05) is 19.2 Å². The highest BCUT2D eigenvalue weighted by molar-refractivity contribution is 5.95. The molecule has 0 atom stereocenters. The Bertz CT molecular complexity index is 813. The highest BCUT2D eigenvalue weighted by Crippen LogP contribution is 2.27. The molecule has 2 amide bonds. The van der Waals surface area contributed by atoms with E-state index < -0.39 is 0 Å². The van der Waals surface area contributed by atoms with E-state index in [9.17, 15) is 9.59 Å². The highest BCUT2D eigenvalue weighted by atomic mass is 16.5. The van der Waals surface area contributed by atoms with Crippen LogP contribution in [-0.4, -0.2) is 36.9 Å². The molecule has 150 valence electrons. The topological polar surface area (TPSA) is 58.6 Å². The summed E-state index contributed by atoms with van der Waals surface area (Å²) in [6.07, 6.45) is 0.679. The summed E-state index contributed by atoms with van der Waals surface area (Å²) in [5.41, 5.74) is 4.06. The lowest BCUT2D eigenvalue weighted by molar-refractivity contribution is -0.132. The summed E-state index contributed by atoms with van der Waals surface area (Å²) in [6, 6.07) is 13.7. The first-order valence-corrected chi connectivity index (χ1v) is 9.59. The Labute approximate surface area is 167 Å². The van der Waals surface area contributed by atoms with Gasteiger partial charge < -0.3 is 15.0 Å². The summed E-state index contributed by atoms with van der Waals surface area (Å²) in [5.74, 6) is 0.804. The maximum Gasteiger partial charge on any atom is 0.244 e. The van der Waals surface area contributed by atoms with Gasteiger partial charge in [-0.15, -0.1) is 0 Å². The van der Waals surface area contributed by atoms with E-state index in [1.54, 1.807) is 12.0 Å². The van der Waals surface area contributed by atoms with Gasteiger partial charge in [-0.05, 0) is 48.1 Å². The van der Waals surface area contributed by atoms with Crippen LogP contribution in [0.25, 0.3) is 0 Å². The molecule has 5 nitrogen and oxygen atoms in total. The molecule has 0 radical (unpaired) electrons. The summed E-state index contributed by atoms with van der Waals surface area (Å²) in [7, 11) is 1.63. The van der Waals surface area contributed by atoms with Crippen molar-refractivity contribution in [2.24, 2.45) is 0 Å². The second-order valence-corrected chi connectivity index (χ2v) is 7.28. The van der Waals surface area contributed by atoms with Crippen LogP contribution in [0.4, 0.5) is 5.69 Å². The van der Waals surface area contributed by atoms with Crippen molar-refractivity contribution in [1.82, 2.24) is 4.90 Å². The number of rotatable bonds is 8. The molecule has 28 heavy (non-hydrogen) atoms. The molecule has 0 bridgehead atoms. The molecule has 0 spiro atoms. The Hall–Kier alpha value is -2.82. The maximum atomic E-state index is 12.6. The second kappa shape index (κ2) is 9.93. The SMILES string of the molecule is COc1ccc(CCN(CC(=O)Nc2c(C)cccc2C(C)C)C(C)=O)cc1. The van der Waals surface area contributed by atoms with E-state index >= 15 is 0 Å². The lowest BCUT2D eigenvalue weighted by atomic mass is 9.98. The fourth-order valence-electron chi connectivity index (χ4n) is 3.10. The average molecular weight is 383 g/mol. The van der Waals surface area contributed by atoms with Gasteiger partial charge in [0.1, 0.15) is 5.75 Å². The summed E-state index contributed by atoms with van der Waals surface area (Å²) in [5, 5.41) is 3.01. The van der Waals surface area contributed by atoms with E-state index in [0.29, 0.717) is 18.9 Å². The minimum Gasteiger partial charge on any atom is -0.497 e. The van der Waals surface area contributed by atoms with Crippen LogP contribution in [-0.2, 0) is 16.0 Å². The predicted molar refractivity (Wildman–Crippen MR) is 113 cm³/mol. The first-order chi connectivity index (χ1) is 13.3. The number of aryl methyl sites for hydroxylation is 1. The molecule has 0 fully saturated rings. The Kier molecular flexibility index (Phi) is 7.61. The van der Waals surface area contributed by atoms with E-state index in [4.69, 9.17) is 4.74 Å². The molecule has 0 heterocycles. The number of hydrogen-bond acceptors (Lipinski definition) is 3. The summed E-state index contributed by atoms with van der Waals surface area (Å²) in [6.45, 7) is 8.20. The number of hydrogen-bond donors (Lipinski definition) is 1. The fourth-order valence-corrected chi connectivity index (χ4v) is 3.10. The molecule has 2 aromatic carbocycles. The Balaban J connectivity index is 2.02. The number of carbonyl (C=O) groups excluding carboxylic acids is 2. The third-order valence-electron chi connectivity index (χ3n) is 4.80.